The number of aromatic amines is 1. The summed E-state index contributed by atoms with van der Waals surface area (Å²) in [7, 11) is 0. The van der Waals surface area contributed by atoms with E-state index < -0.39 is 17.3 Å². The second kappa shape index (κ2) is 7.23. The van der Waals surface area contributed by atoms with Gasteiger partial charge in [-0.3, -0.25) is 9.48 Å². The molecule has 146 valence electrons. The van der Waals surface area contributed by atoms with E-state index in [0.29, 0.717) is 30.7 Å². The van der Waals surface area contributed by atoms with Crippen LogP contribution in [0.1, 0.15) is 29.5 Å². The minimum Gasteiger partial charge on any atom is -0.461 e. The molecule has 10 heteroatoms. The Morgan fingerprint density at radius 1 is 1.39 bits per heavy atom. The van der Waals surface area contributed by atoms with Gasteiger partial charge in [-0.05, 0) is 19.4 Å². The van der Waals surface area contributed by atoms with Gasteiger partial charge in [-0.15, -0.1) is 0 Å². The summed E-state index contributed by atoms with van der Waals surface area (Å²) in [6, 6.07) is 3.09. The summed E-state index contributed by atoms with van der Waals surface area (Å²) in [5.74, 6) is -1.24. The Labute approximate surface area is 163 Å². The standard InChI is InChI=1S/C18H17ClFN5O3/c1-2-28-18(27)12-6-10-9-24(4-3-5-25(10)23-12)13-7-14(26)22-16-11(13)8-21-17(19)15(16)20/h6-8H,2-5,9H2,1H3,(H,22,26). The lowest BCUT2D eigenvalue weighted by Crippen LogP contribution is -2.25. The molecule has 0 amide bonds. The number of anilines is 1. The Bertz CT molecular complexity index is 1130. The van der Waals surface area contributed by atoms with Gasteiger partial charge in [0, 0.05) is 30.7 Å². The zero-order chi connectivity index (χ0) is 19.8. The Kier molecular flexibility index (Phi) is 4.76. The summed E-state index contributed by atoms with van der Waals surface area (Å²) in [6.07, 6.45) is 2.17. The molecular weight excluding hydrogens is 389 g/mol. The third-order valence-corrected chi connectivity index (χ3v) is 4.87. The highest BCUT2D eigenvalue weighted by Crippen LogP contribution is 2.29. The molecule has 0 radical (unpaired) electrons. The van der Waals surface area contributed by atoms with E-state index in [0.717, 1.165) is 12.1 Å². The van der Waals surface area contributed by atoms with Crippen LogP contribution in [0.2, 0.25) is 5.15 Å². The fraction of sp³-hybridized carbons (Fsp3) is 0.333. The number of halogens is 2. The molecule has 4 heterocycles. The average molecular weight is 406 g/mol. The maximum Gasteiger partial charge on any atom is 0.358 e. The number of nitrogens with one attached hydrogen (secondary N) is 1. The first-order valence-electron chi connectivity index (χ1n) is 8.83. The molecular formula is C18H17ClFN5O3. The van der Waals surface area contributed by atoms with Crippen molar-refractivity contribution in [2.75, 3.05) is 18.1 Å². The van der Waals surface area contributed by atoms with Crippen molar-refractivity contribution < 1.29 is 13.9 Å². The van der Waals surface area contributed by atoms with Gasteiger partial charge in [0.25, 0.3) is 5.56 Å². The van der Waals surface area contributed by atoms with Crippen LogP contribution in [0, 0.1) is 5.82 Å². The highest BCUT2D eigenvalue weighted by atomic mass is 35.5. The number of hydrogen-bond acceptors (Lipinski definition) is 6. The van der Waals surface area contributed by atoms with Gasteiger partial charge in [0.05, 0.1) is 30.0 Å². The first-order chi connectivity index (χ1) is 13.5. The van der Waals surface area contributed by atoms with E-state index in [1.54, 1.807) is 17.7 Å². The largest absolute Gasteiger partial charge is 0.461 e. The Balaban J connectivity index is 1.76. The van der Waals surface area contributed by atoms with Crippen molar-refractivity contribution in [3.05, 3.63) is 51.0 Å². The average Bonchev–Trinajstić information content (AvgIpc) is 2.96. The SMILES string of the molecule is CCOC(=O)c1cc2n(n1)CCCN(c1cc(=O)[nH]c3c(F)c(Cl)ncc13)C2. The van der Waals surface area contributed by atoms with E-state index in [1.165, 1.54) is 12.3 Å². The van der Waals surface area contributed by atoms with Crippen LogP contribution in [0.5, 0.6) is 0 Å². The van der Waals surface area contributed by atoms with E-state index in [9.17, 15) is 14.0 Å². The predicted molar refractivity (Wildman–Crippen MR) is 101 cm³/mol. The summed E-state index contributed by atoms with van der Waals surface area (Å²) in [4.78, 5) is 32.4. The summed E-state index contributed by atoms with van der Waals surface area (Å²) in [5.41, 5.74) is 1.18. The van der Waals surface area contributed by atoms with Crippen molar-refractivity contribution in [3.63, 3.8) is 0 Å². The molecule has 0 atom stereocenters. The van der Waals surface area contributed by atoms with Gasteiger partial charge in [-0.25, -0.2) is 14.2 Å². The molecule has 0 aromatic carbocycles. The Morgan fingerprint density at radius 2 is 2.21 bits per heavy atom. The van der Waals surface area contributed by atoms with Crippen LogP contribution in [-0.2, 0) is 17.8 Å². The van der Waals surface area contributed by atoms with Gasteiger partial charge in [-0.2, -0.15) is 5.10 Å². The Morgan fingerprint density at radius 3 is 3.00 bits per heavy atom. The summed E-state index contributed by atoms with van der Waals surface area (Å²) >= 11 is 5.75. The van der Waals surface area contributed by atoms with Crippen LogP contribution in [0.25, 0.3) is 10.9 Å². The van der Waals surface area contributed by atoms with E-state index >= 15 is 0 Å². The molecule has 0 spiro atoms. The highest BCUT2D eigenvalue weighted by molar-refractivity contribution is 6.30. The van der Waals surface area contributed by atoms with Crippen LogP contribution >= 0.6 is 11.6 Å². The third kappa shape index (κ3) is 3.22. The number of hydrogen-bond donors (Lipinski definition) is 1. The van der Waals surface area contributed by atoms with Crippen LogP contribution in [0.4, 0.5) is 10.1 Å². The first kappa shape index (κ1) is 18.4. The molecule has 0 saturated heterocycles. The van der Waals surface area contributed by atoms with Gasteiger partial charge in [0.1, 0.15) is 0 Å². The van der Waals surface area contributed by atoms with Crippen molar-refractivity contribution >= 4 is 34.2 Å². The molecule has 1 N–H and O–H groups in total. The number of H-pyrrole nitrogens is 1. The molecule has 3 aromatic heterocycles. The fourth-order valence-corrected chi connectivity index (χ4v) is 3.52. The van der Waals surface area contributed by atoms with E-state index in [4.69, 9.17) is 16.3 Å². The molecule has 8 nitrogen and oxygen atoms in total. The maximum absolute atomic E-state index is 14.4. The van der Waals surface area contributed by atoms with Gasteiger partial charge in [-0.1, -0.05) is 11.6 Å². The lowest BCUT2D eigenvalue weighted by molar-refractivity contribution is 0.0518. The normalized spacial score (nSPS) is 14.0. The van der Waals surface area contributed by atoms with Gasteiger partial charge in [0.15, 0.2) is 16.7 Å². The fourth-order valence-electron chi connectivity index (χ4n) is 3.38. The number of nitrogens with zero attached hydrogens (tertiary/aromatic N) is 4. The zero-order valence-electron chi connectivity index (χ0n) is 15.0. The second-order valence-electron chi connectivity index (χ2n) is 6.41. The molecule has 1 aliphatic heterocycles. The number of aryl methyl sites for hydroxylation is 1. The highest BCUT2D eigenvalue weighted by Gasteiger charge is 2.22. The third-order valence-electron chi connectivity index (χ3n) is 4.61. The van der Waals surface area contributed by atoms with Gasteiger partial charge < -0.3 is 14.6 Å². The Hall–Kier alpha value is -2.94. The van der Waals surface area contributed by atoms with Crippen molar-refractivity contribution in [2.24, 2.45) is 0 Å². The van der Waals surface area contributed by atoms with E-state index in [2.05, 4.69) is 15.1 Å². The predicted octanol–water partition coefficient (Wildman–Crippen LogP) is 2.50. The number of carbonyl (C=O) groups is 1. The molecule has 4 rings (SSSR count). The molecule has 3 aromatic rings. The first-order valence-corrected chi connectivity index (χ1v) is 9.21. The molecule has 0 saturated carbocycles. The molecule has 28 heavy (non-hydrogen) atoms. The smallest absolute Gasteiger partial charge is 0.358 e. The van der Waals surface area contributed by atoms with Crippen LogP contribution in [0.15, 0.2) is 23.1 Å². The second-order valence-corrected chi connectivity index (χ2v) is 6.77. The zero-order valence-corrected chi connectivity index (χ0v) is 15.8. The molecule has 0 bridgehead atoms. The number of carbonyl (C=O) groups excluding carboxylic acids is 1. The number of aromatic nitrogens is 4. The number of rotatable bonds is 3. The van der Waals surface area contributed by atoms with Gasteiger partial charge in [0.2, 0.25) is 0 Å². The van der Waals surface area contributed by atoms with Crippen molar-refractivity contribution in [1.29, 1.82) is 0 Å². The molecule has 0 aliphatic carbocycles. The van der Waals surface area contributed by atoms with Gasteiger partial charge >= 0.3 is 5.97 Å². The molecule has 1 aliphatic rings. The van der Waals surface area contributed by atoms with E-state index in [1.807, 2.05) is 4.90 Å². The number of pyridine rings is 2. The molecule has 0 unspecified atom stereocenters. The van der Waals surface area contributed by atoms with Crippen LogP contribution < -0.4 is 10.5 Å². The molecule has 0 fully saturated rings. The monoisotopic (exact) mass is 405 g/mol. The van der Waals surface area contributed by atoms with Crippen molar-refractivity contribution in [1.82, 2.24) is 19.7 Å². The van der Waals surface area contributed by atoms with Crippen LogP contribution in [-0.4, -0.2) is 38.9 Å². The summed E-state index contributed by atoms with van der Waals surface area (Å²) in [6.45, 7) is 3.64. The number of esters is 1. The van der Waals surface area contributed by atoms with Crippen LogP contribution in [0.3, 0.4) is 0 Å². The minimum atomic E-state index is -0.762. The van der Waals surface area contributed by atoms with Crippen molar-refractivity contribution in [3.8, 4) is 0 Å². The van der Waals surface area contributed by atoms with Crippen molar-refractivity contribution in [2.45, 2.75) is 26.4 Å². The number of ether oxygens (including phenoxy) is 1. The lowest BCUT2D eigenvalue weighted by Gasteiger charge is -2.23. The lowest BCUT2D eigenvalue weighted by atomic mass is 10.2. The quantitative estimate of drug-likeness (QED) is 0.531. The maximum atomic E-state index is 14.4. The topological polar surface area (TPSA) is 93.1 Å². The number of fused-ring (bicyclic) bond motifs is 2. The summed E-state index contributed by atoms with van der Waals surface area (Å²) in [5, 5.41) is 4.48. The summed E-state index contributed by atoms with van der Waals surface area (Å²) < 4.78 is 21.1. The van der Waals surface area contributed by atoms with E-state index in [-0.39, 0.29) is 23.0 Å². The minimum absolute atomic E-state index is 0.0208.